The van der Waals surface area contributed by atoms with Gasteiger partial charge in [0, 0.05) is 25.2 Å². The summed E-state index contributed by atoms with van der Waals surface area (Å²) in [7, 11) is 1.39. The molecule has 0 aliphatic carbocycles. The first-order valence-corrected chi connectivity index (χ1v) is 7.32. The molecule has 0 radical (unpaired) electrons. The van der Waals surface area contributed by atoms with Crippen LogP contribution in [0.15, 0.2) is 36.4 Å². The third kappa shape index (κ3) is 4.44. The molecule has 0 saturated carbocycles. The first kappa shape index (κ1) is 17.7. The van der Waals surface area contributed by atoms with Gasteiger partial charge in [-0.25, -0.2) is 0 Å². The lowest BCUT2D eigenvalue weighted by molar-refractivity contribution is -0.380. The molecular weight excluding hydrogens is 349 g/mol. The number of amides is 1. The second-order valence-electron chi connectivity index (χ2n) is 4.71. The van der Waals surface area contributed by atoms with Gasteiger partial charge in [0.15, 0.2) is 0 Å². The van der Waals surface area contributed by atoms with Crippen molar-refractivity contribution >= 4 is 22.2 Å². The number of rotatable bonds is 5. The molecule has 6 nitrogen and oxygen atoms in total. The van der Waals surface area contributed by atoms with Crippen molar-refractivity contribution in [1.82, 2.24) is 4.90 Å². The number of ether oxygens (including phenoxy) is 1. The van der Waals surface area contributed by atoms with Gasteiger partial charge in [-0.15, -0.1) is 13.2 Å². The Bertz CT molecular complexity index is 760. The van der Waals surface area contributed by atoms with E-state index in [2.05, 4.69) is 4.74 Å². The number of carbonyl (C=O) groups excluding carboxylic acids is 1. The first-order chi connectivity index (χ1) is 11.2. The number of nitrogens with zero attached hydrogens (tertiary/aromatic N) is 2. The highest BCUT2D eigenvalue weighted by molar-refractivity contribution is 7.17. The highest BCUT2D eigenvalue weighted by atomic mass is 32.1. The third-order valence-corrected chi connectivity index (χ3v) is 3.96. The number of nitro groups is 1. The number of thiophene rings is 1. The highest BCUT2D eigenvalue weighted by Gasteiger charge is 2.32. The topological polar surface area (TPSA) is 72.7 Å². The van der Waals surface area contributed by atoms with Crippen molar-refractivity contribution in [1.29, 1.82) is 0 Å². The molecule has 0 unspecified atom stereocenters. The van der Waals surface area contributed by atoms with Gasteiger partial charge in [-0.3, -0.25) is 14.9 Å². The van der Waals surface area contributed by atoms with Crippen molar-refractivity contribution in [3.8, 4) is 5.75 Å². The molecule has 0 saturated heterocycles. The van der Waals surface area contributed by atoms with E-state index in [0.717, 1.165) is 11.0 Å². The van der Waals surface area contributed by atoms with Crippen LogP contribution in [-0.2, 0) is 6.54 Å². The van der Waals surface area contributed by atoms with E-state index in [1.807, 2.05) is 0 Å². The molecule has 0 aliphatic heterocycles. The number of para-hydroxylation sites is 1. The lowest BCUT2D eigenvalue weighted by Crippen LogP contribution is -2.26. The summed E-state index contributed by atoms with van der Waals surface area (Å²) in [6.45, 7) is -0.142. The van der Waals surface area contributed by atoms with Gasteiger partial charge >= 0.3 is 11.4 Å². The Labute approximate surface area is 138 Å². The first-order valence-electron chi connectivity index (χ1n) is 6.50. The van der Waals surface area contributed by atoms with E-state index in [1.165, 1.54) is 37.4 Å². The predicted octanol–water partition coefficient (Wildman–Crippen LogP) is 3.83. The maximum Gasteiger partial charge on any atom is 0.573 e. The molecule has 1 amide bonds. The highest BCUT2D eigenvalue weighted by Crippen LogP contribution is 2.28. The fourth-order valence-corrected chi connectivity index (χ4v) is 2.73. The summed E-state index contributed by atoms with van der Waals surface area (Å²) < 4.78 is 41.1. The number of benzene rings is 1. The number of hydrogen-bond acceptors (Lipinski definition) is 5. The Morgan fingerprint density at radius 3 is 2.54 bits per heavy atom. The van der Waals surface area contributed by atoms with Crippen molar-refractivity contribution < 1.29 is 27.6 Å². The van der Waals surface area contributed by atoms with Gasteiger partial charge in [-0.1, -0.05) is 29.5 Å². The summed E-state index contributed by atoms with van der Waals surface area (Å²) in [5, 5.41) is 10.5. The van der Waals surface area contributed by atoms with Crippen LogP contribution in [0.2, 0.25) is 0 Å². The van der Waals surface area contributed by atoms with E-state index in [1.54, 1.807) is 0 Å². The molecule has 0 atom stereocenters. The van der Waals surface area contributed by atoms with Gasteiger partial charge in [0.25, 0.3) is 5.91 Å². The van der Waals surface area contributed by atoms with Crippen LogP contribution in [-0.4, -0.2) is 29.1 Å². The Balaban J connectivity index is 2.15. The summed E-state index contributed by atoms with van der Waals surface area (Å²) in [6.07, 6.45) is -4.84. The Kier molecular flexibility index (Phi) is 5.07. The van der Waals surface area contributed by atoms with E-state index in [-0.39, 0.29) is 22.0 Å². The van der Waals surface area contributed by atoms with Crippen molar-refractivity contribution in [2.75, 3.05) is 7.05 Å². The minimum absolute atomic E-state index is 0.124. The van der Waals surface area contributed by atoms with Gasteiger partial charge in [0.1, 0.15) is 5.75 Å². The Morgan fingerprint density at radius 1 is 1.29 bits per heavy atom. The molecule has 2 rings (SSSR count). The number of hydrogen-bond donors (Lipinski definition) is 0. The van der Waals surface area contributed by atoms with Crippen molar-refractivity contribution in [2.24, 2.45) is 0 Å². The molecular formula is C14H11F3N2O4S. The molecule has 0 bridgehead atoms. The summed E-state index contributed by atoms with van der Waals surface area (Å²) in [5.74, 6) is -0.934. The Morgan fingerprint density at radius 2 is 1.96 bits per heavy atom. The minimum Gasteiger partial charge on any atom is -0.405 e. The molecule has 1 aromatic heterocycles. The SMILES string of the molecule is CN(Cc1ccccc1OC(F)(F)F)C(=O)c1ccc([N+](=O)[O-])s1. The molecule has 0 N–H and O–H groups in total. The van der Waals surface area contributed by atoms with Gasteiger partial charge in [0.05, 0.1) is 9.80 Å². The summed E-state index contributed by atoms with van der Waals surface area (Å²) in [5.41, 5.74) is 0.164. The van der Waals surface area contributed by atoms with Gasteiger partial charge in [-0.05, 0) is 12.1 Å². The van der Waals surface area contributed by atoms with Gasteiger partial charge in [0.2, 0.25) is 0 Å². The molecule has 10 heteroatoms. The summed E-state index contributed by atoms with van der Waals surface area (Å²) >= 11 is 0.701. The van der Waals surface area contributed by atoms with E-state index in [9.17, 15) is 28.1 Å². The number of alkyl halides is 3. The maximum absolute atomic E-state index is 12.4. The standard InChI is InChI=1S/C14H11F3N2O4S/c1-18(13(20)11-6-7-12(24-11)19(21)22)8-9-4-2-3-5-10(9)23-14(15,16)17/h2-7H,8H2,1H3. The molecule has 0 fully saturated rings. The van der Waals surface area contributed by atoms with Crippen LogP contribution in [0, 0.1) is 10.1 Å². The monoisotopic (exact) mass is 360 g/mol. The summed E-state index contributed by atoms with van der Waals surface area (Å²) in [6, 6.07) is 7.97. The third-order valence-electron chi connectivity index (χ3n) is 2.94. The van der Waals surface area contributed by atoms with Crippen LogP contribution in [0.3, 0.4) is 0 Å². The minimum atomic E-state index is -4.84. The molecule has 24 heavy (non-hydrogen) atoms. The van der Waals surface area contributed by atoms with E-state index in [4.69, 9.17) is 0 Å². The van der Waals surface area contributed by atoms with Crippen LogP contribution < -0.4 is 4.74 Å². The molecule has 1 aromatic carbocycles. The quantitative estimate of drug-likeness (QED) is 0.600. The lowest BCUT2D eigenvalue weighted by atomic mass is 10.2. The van der Waals surface area contributed by atoms with Crippen LogP contribution >= 0.6 is 11.3 Å². The Hall–Kier alpha value is -2.62. The van der Waals surface area contributed by atoms with Crippen molar-refractivity contribution in [2.45, 2.75) is 12.9 Å². The summed E-state index contributed by atoms with van der Waals surface area (Å²) in [4.78, 5) is 23.5. The average molecular weight is 360 g/mol. The normalized spacial score (nSPS) is 11.2. The molecule has 128 valence electrons. The molecule has 0 spiro atoms. The maximum atomic E-state index is 12.4. The van der Waals surface area contributed by atoms with Gasteiger partial charge in [-0.2, -0.15) is 0 Å². The average Bonchev–Trinajstić information content (AvgIpc) is 2.97. The largest absolute Gasteiger partial charge is 0.573 e. The van der Waals surface area contributed by atoms with Gasteiger partial charge < -0.3 is 9.64 Å². The van der Waals surface area contributed by atoms with Crippen molar-refractivity contribution in [3.05, 3.63) is 57.0 Å². The van der Waals surface area contributed by atoms with E-state index < -0.39 is 22.9 Å². The zero-order chi connectivity index (χ0) is 17.9. The van der Waals surface area contributed by atoms with Crippen LogP contribution in [0.25, 0.3) is 0 Å². The predicted molar refractivity (Wildman–Crippen MR) is 79.9 cm³/mol. The zero-order valence-electron chi connectivity index (χ0n) is 12.2. The van der Waals surface area contributed by atoms with Crippen LogP contribution in [0.1, 0.15) is 15.2 Å². The smallest absolute Gasteiger partial charge is 0.405 e. The second-order valence-corrected chi connectivity index (χ2v) is 5.77. The fourth-order valence-electron chi connectivity index (χ4n) is 1.91. The van der Waals surface area contributed by atoms with Crippen LogP contribution in [0.5, 0.6) is 5.75 Å². The van der Waals surface area contributed by atoms with E-state index >= 15 is 0 Å². The molecule has 1 heterocycles. The fraction of sp³-hybridized carbons (Fsp3) is 0.214. The molecule has 0 aliphatic rings. The lowest BCUT2D eigenvalue weighted by Gasteiger charge is -2.19. The van der Waals surface area contributed by atoms with E-state index in [0.29, 0.717) is 11.3 Å². The number of carbonyl (C=O) groups is 1. The zero-order valence-corrected chi connectivity index (χ0v) is 13.1. The van der Waals surface area contributed by atoms with Crippen molar-refractivity contribution in [3.63, 3.8) is 0 Å². The second kappa shape index (κ2) is 6.87. The molecule has 2 aromatic rings. The number of halogens is 3. The van der Waals surface area contributed by atoms with Crippen LogP contribution in [0.4, 0.5) is 18.2 Å².